The Hall–Kier alpha value is -2.32. The summed E-state index contributed by atoms with van der Waals surface area (Å²) < 4.78 is 25.7. The number of nitrogens with one attached hydrogen (secondary N) is 2. The van der Waals surface area contributed by atoms with E-state index in [0.717, 1.165) is 4.90 Å². The number of thioether (sulfide) groups is 1. The molecule has 0 radical (unpaired) electrons. The lowest BCUT2D eigenvalue weighted by Gasteiger charge is -2.15. The lowest BCUT2D eigenvalue weighted by molar-refractivity contribution is -0.116. The second kappa shape index (κ2) is 8.14. The number of amides is 2. The maximum atomic E-state index is 12.9. The first-order valence-corrected chi connectivity index (χ1v) is 11.0. The molecule has 1 heterocycles. The molecule has 0 bridgehead atoms. The van der Waals surface area contributed by atoms with Crippen LogP contribution >= 0.6 is 11.8 Å². The zero-order chi connectivity index (χ0) is 19.4. The van der Waals surface area contributed by atoms with Gasteiger partial charge in [-0.2, -0.15) is 0 Å². The molecule has 6 nitrogen and oxygen atoms in total. The van der Waals surface area contributed by atoms with Gasteiger partial charge in [-0.15, -0.1) is 11.8 Å². The van der Waals surface area contributed by atoms with Gasteiger partial charge in [0.15, 0.2) is 9.84 Å². The van der Waals surface area contributed by atoms with Gasteiger partial charge >= 0.3 is 0 Å². The van der Waals surface area contributed by atoms with E-state index in [4.69, 9.17) is 0 Å². The quantitative estimate of drug-likeness (QED) is 0.798. The second-order valence-corrected chi connectivity index (χ2v) is 9.78. The first-order valence-electron chi connectivity index (χ1n) is 8.52. The minimum Gasteiger partial charge on any atom is -0.326 e. The SMILES string of the molecule is C[C@H](CC(=O)Nc1ccccc1)S(=O)(=O)c1ccc2c(c1)NC(=O)CCS2. The normalized spacial score (nSPS) is 15.2. The molecule has 0 aromatic heterocycles. The van der Waals surface area contributed by atoms with Crippen LogP contribution in [0.3, 0.4) is 0 Å². The number of carbonyl (C=O) groups excluding carboxylic acids is 2. The van der Waals surface area contributed by atoms with Crippen molar-refractivity contribution in [3.8, 4) is 0 Å². The highest BCUT2D eigenvalue weighted by molar-refractivity contribution is 7.99. The number of hydrogen-bond acceptors (Lipinski definition) is 5. The number of hydrogen-bond donors (Lipinski definition) is 2. The number of carbonyl (C=O) groups is 2. The molecular weight excluding hydrogens is 384 g/mol. The molecule has 1 atom stereocenters. The number of para-hydroxylation sites is 1. The highest BCUT2D eigenvalue weighted by Crippen LogP contribution is 2.33. The standard InChI is InChI=1S/C19H20N2O4S2/c1-13(11-19(23)20-14-5-3-2-4-6-14)27(24,25)15-7-8-17-16(12-15)21-18(22)9-10-26-17/h2-8,12-13H,9-11H2,1H3,(H,20,23)(H,21,22)/t13-/m1/s1. The summed E-state index contributed by atoms with van der Waals surface area (Å²) in [6, 6.07) is 13.6. The Morgan fingerprint density at radius 1 is 1.22 bits per heavy atom. The van der Waals surface area contributed by atoms with E-state index in [1.165, 1.54) is 30.8 Å². The Morgan fingerprint density at radius 3 is 2.70 bits per heavy atom. The van der Waals surface area contributed by atoms with Crippen molar-refractivity contribution in [3.63, 3.8) is 0 Å². The molecule has 2 aromatic rings. The molecule has 0 aliphatic carbocycles. The fourth-order valence-electron chi connectivity index (χ4n) is 2.71. The monoisotopic (exact) mass is 404 g/mol. The minimum atomic E-state index is -3.71. The van der Waals surface area contributed by atoms with Gasteiger partial charge in [-0.3, -0.25) is 9.59 Å². The predicted octanol–water partition coefficient (Wildman–Crippen LogP) is 3.31. The Bertz CT molecular complexity index is 959. The molecule has 0 unspecified atom stereocenters. The van der Waals surface area contributed by atoms with Gasteiger partial charge in [0.25, 0.3) is 0 Å². The van der Waals surface area contributed by atoms with Crippen molar-refractivity contribution in [1.82, 2.24) is 0 Å². The van der Waals surface area contributed by atoms with E-state index in [-0.39, 0.29) is 23.1 Å². The third-order valence-electron chi connectivity index (χ3n) is 4.20. The summed E-state index contributed by atoms with van der Waals surface area (Å²) in [6.07, 6.45) is 0.229. The highest BCUT2D eigenvalue weighted by atomic mass is 32.2. The largest absolute Gasteiger partial charge is 0.326 e. The van der Waals surface area contributed by atoms with Gasteiger partial charge in [-0.1, -0.05) is 18.2 Å². The Morgan fingerprint density at radius 2 is 1.96 bits per heavy atom. The smallest absolute Gasteiger partial charge is 0.225 e. The Balaban J connectivity index is 1.75. The molecule has 3 rings (SSSR count). The maximum Gasteiger partial charge on any atom is 0.225 e. The van der Waals surface area contributed by atoms with E-state index in [9.17, 15) is 18.0 Å². The average Bonchev–Trinajstić information content (AvgIpc) is 2.82. The predicted molar refractivity (Wildman–Crippen MR) is 107 cm³/mol. The molecule has 2 N–H and O–H groups in total. The maximum absolute atomic E-state index is 12.9. The van der Waals surface area contributed by atoms with Crippen molar-refractivity contribution in [3.05, 3.63) is 48.5 Å². The molecule has 27 heavy (non-hydrogen) atoms. The summed E-state index contributed by atoms with van der Waals surface area (Å²) in [5.74, 6) is 0.156. The first kappa shape index (κ1) is 19.4. The summed E-state index contributed by atoms with van der Waals surface area (Å²) in [5.41, 5.74) is 1.13. The number of benzene rings is 2. The summed E-state index contributed by atoms with van der Waals surface area (Å²) in [7, 11) is -3.71. The molecule has 142 valence electrons. The van der Waals surface area contributed by atoms with Gasteiger partial charge in [0.2, 0.25) is 11.8 Å². The summed E-state index contributed by atoms with van der Waals surface area (Å²) in [6.45, 7) is 1.51. The fraction of sp³-hybridized carbons (Fsp3) is 0.263. The summed E-state index contributed by atoms with van der Waals surface area (Å²) in [5, 5.41) is 4.55. The molecule has 1 aliphatic heterocycles. The average molecular weight is 405 g/mol. The van der Waals surface area contributed by atoms with Crippen molar-refractivity contribution in [2.45, 2.75) is 34.8 Å². The lowest BCUT2D eigenvalue weighted by Crippen LogP contribution is -2.25. The van der Waals surface area contributed by atoms with Gasteiger partial charge in [-0.25, -0.2) is 8.42 Å². The van der Waals surface area contributed by atoms with Crippen molar-refractivity contribution in [2.75, 3.05) is 16.4 Å². The van der Waals surface area contributed by atoms with Crippen molar-refractivity contribution >= 4 is 44.8 Å². The molecular formula is C19H20N2O4S2. The molecule has 0 saturated carbocycles. The Labute approximate surface area is 162 Å². The van der Waals surface area contributed by atoms with E-state index >= 15 is 0 Å². The summed E-state index contributed by atoms with van der Waals surface area (Å²) in [4.78, 5) is 24.9. The van der Waals surface area contributed by atoms with Gasteiger partial charge < -0.3 is 10.6 Å². The van der Waals surface area contributed by atoms with Gasteiger partial charge in [0.05, 0.1) is 15.8 Å². The summed E-state index contributed by atoms with van der Waals surface area (Å²) >= 11 is 1.51. The molecule has 1 aliphatic rings. The van der Waals surface area contributed by atoms with Crippen LogP contribution < -0.4 is 10.6 Å². The van der Waals surface area contributed by atoms with Crippen LogP contribution in [0.1, 0.15) is 19.8 Å². The lowest BCUT2D eigenvalue weighted by atomic mass is 10.3. The third kappa shape index (κ3) is 4.70. The van der Waals surface area contributed by atoms with E-state index in [0.29, 0.717) is 23.5 Å². The fourth-order valence-corrected chi connectivity index (χ4v) is 5.02. The molecule has 8 heteroatoms. The van der Waals surface area contributed by atoms with E-state index < -0.39 is 15.1 Å². The second-order valence-electron chi connectivity index (χ2n) is 6.28. The zero-order valence-corrected chi connectivity index (χ0v) is 16.4. The number of rotatable bonds is 5. The van der Waals surface area contributed by atoms with Crippen LogP contribution in [-0.4, -0.2) is 31.2 Å². The van der Waals surface area contributed by atoms with Crippen LogP contribution in [0.15, 0.2) is 58.3 Å². The molecule has 0 fully saturated rings. The minimum absolute atomic E-state index is 0.101. The van der Waals surface area contributed by atoms with Crippen LogP contribution in [0.25, 0.3) is 0 Å². The van der Waals surface area contributed by atoms with Crippen molar-refractivity contribution in [1.29, 1.82) is 0 Å². The number of sulfone groups is 1. The van der Waals surface area contributed by atoms with Gasteiger partial charge in [0, 0.05) is 29.2 Å². The first-order chi connectivity index (χ1) is 12.9. The number of anilines is 2. The van der Waals surface area contributed by atoms with Crippen molar-refractivity contribution < 1.29 is 18.0 Å². The highest BCUT2D eigenvalue weighted by Gasteiger charge is 2.27. The Kier molecular flexibility index (Phi) is 5.86. The van der Waals surface area contributed by atoms with Crippen LogP contribution in [0, 0.1) is 0 Å². The van der Waals surface area contributed by atoms with E-state index in [2.05, 4.69) is 10.6 Å². The van der Waals surface area contributed by atoms with E-state index in [1.54, 1.807) is 30.3 Å². The molecule has 0 spiro atoms. The zero-order valence-electron chi connectivity index (χ0n) is 14.8. The topological polar surface area (TPSA) is 92.3 Å². The van der Waals surface area contributed by atoms with Crippen LogP contribution in [0.4, 0.5) is 11.4 Å². The third-order valence-corrected chi connectivity index (χ3v) is 7.41. The van der Waals surface area contributed by atoms with Crippen LogP contribution in [0.2, 0.25) is 0 Å². The van der Waals surface area contributed by atoms with E-state index in [1.807, 2.05) is 6.07 Å². The van der Waals surface area contributed by atoms with Crippen LogP contribution in [-0.2, 0) is 19.4 Å². The molecule has 2 aromatic carbocycles. The van der Waals surface area contributed by atoms with Crippen molar-refractivity contribution in [2.24, 2.45) is 0 Å². The van der Waals surface area contributed by atoms with Crippen LogP contribution in [0.5, 0.6) is 0 Å². The number of fused-ring (bicyclic) bond motifs is 1. The van der Waals surface area contributed by atoms with Gasteiger partial charge in [-0.05, 0) is 37.3 Å². The molecule has 2 amide bonds. The van der Waals surface area contributed by atoms with Gasteiger partial charge in [0.1, 0.15) is 0 Å². The molecule has 0 saturated heterocycles.